The van der Waals surface area contributed by atoms with Crippen molar-refractivity contribution < 1.29 is 20.1 Å². The highest BCUT2D eigenvalue weighted by atomic mass is 16.3. The fourth-order valence-corrected chi connectivity index (χ4v) is 3.37. The number of carbonyl (C=O) groups excluding carboxylic acids is 1. The Kier molecular flexibility index (Phi) is 6.02. The summed E-state index contributed by atoms with van der Waals surface area (Å²) in [6, 6.07) is 6.85. The molecule has 1 aliphatic heterocycles. The van der Waals surface area contributed by atoms with E-state index in [1.165, 1.54) is 0 Å². The number of hydrogen-bond donors (Lipinski definition) is 3. The van der Waals surface area contributed by atoms with Crippen LogP contribution in [0.3, 0.4) is 0 Å². The fourth-order valence-electron chi connectivity index (χ4n) is 3.37. The molecule has 1 saturated heterocycles. The Hall–Kier alpha value is -1.59. The van der Waals surface area contributed by atoms with Crippen LogP contribution in [-0.4, -0.2) is 51.9 Å². The van der Waals surface area contributed by atoms with Crippen LogP contribution in [0.5, 0.6) is 5.75 Å². The highest BCUT2D eigenvalue weighted by Crippen LogP contribution is 2.36. The van der Waals surface area contributed by atoms with Gasteiger partial charge in [0.15, 0.2) is 0 Å². The molecule has 5 nitrogen and oxygen atoms in total. The van der Waals surface area contributed by atoms with E-state index in [1.807, 2.05) is 19.1 Å². The van der Waals surface area contributed by atoms with Gasteiger partial charge in [0.25, 0.3) is 0 Å². The molecule has 1 heterocycles. The van der Waals surface area contributed by atoms with Crippen molar-refractivity contribution in [1.29, 1.82) is 0 Å². The minimum atomic E-state index is -0.668. The molecule has 0 bridgehead atoms. The largest absolute Gasteiger partial charge is 0.508 e. The number of rotatable bonds is 6. The summed E-state index contributed by atoms with van der Waals surface area (Å²) in [6.07, 6.45) is 2.66. The molecular weight excluding hydrogens is 294 g/mol. The summed E-state index contributed by atoms with van der Waals surface area (Å²) < 4.78 is 0. The summed E-state index contributed by atoms with van der Waals surface area (Å²) in [6.45, 7) is 2.90. The van der Waals surface area contributed by atoms with Gasteiger partial charge in [-0.15, -0.1) is 0 Å². The van der Waals surface area contributed by atoms with Gasteiger partial charge in [0.2, 0.25) is 5.91 Å². The first-order valence-corrected chi connectivity index (χ1v) is 8.35. The molecule has 2 rings (SSSR count). The van der Waals surface area contributed by atoms with Crippen molar-refractivity contribution >= 4 is 5.91 Å². The fraction of sp³-hybridized carbons (Fsp3) is 0.611. The Morgan fingerprint density at radius 3 is 2.61 bits per heavy atom. The monoisotopic (exact) mass is 321 g/mol. The second kappa shape index (κ2) is 7.79. The summed E-state index contributed by atoms with van der Waals surface area (Å²) >= 11 is 0. The molecule has 0 aliphatic carbocycles. The number of aliphatic hydroxyl groups is 2. The lowest BCUT2D eigenvalue weighted by Crippen LogP contribution is -2.54. The topological polar surface area (TPSA) is 81.0 Å². The van der Waals surface area contributed by atoms with Crippen LogP contribution in [-0.2, 0) is 11.2 Å². The molecule has 3 N–H and O–H groups in total. The first-order chi connectivity index (χ1) is 11.0. The van der Waals surface area contributed by atoms with Gasteiger partial charge in [-0.05, 0) is 37.0 Å². The zero-order valence-corrected chi connectivity index (χ0v) is 13.7. The molecule has 0 spiro atoms. The number of hydrogen-bond acceptors (Lipinski definition) is 4. The molecule has 2 atom stereocenters. The van der Waals surface area contributed by atoms with Crippen LogP contribution < -0.4 is 0 Å². The Labute approximate surface area is 137 Å². The Bertz CT molecular complexity index is 516. The average molecular weight is 321 g/mol. The number of likely N-dealkylation sites (tertiary alicyclic amines) is 1. The molecule has 0 radical (unpaired) electrons. The van der Waals surface area contributed by atoms with Crippen LogP contribution in [0.4, 0.5) is 0 Å². The molecule has 128 valence electrons. The van der Waals surface area contributed by atoms with Gasteiger partial charge in [0.05, 0.1) is 12.7 Å². The molecule has 0 aromatic heterocycles. The van der Waals surface area contributed by atoms with Gasteiger partial charge in [-0.3, -0.25) is 4.79 Å². The predicted octanol–water partition coefficient (Wildman–Crippen LogP) is 1.70. The standard InChI is InChI=1S/C18H27NO4/c1-2-9-18(13-20)10-11-19(12-16(18)22)17(23)8-5-14-3-6-15(21)7-4-14/h3-4,6-7,16,20-22H,2,5,8-13H2,1H3/t16-,18-/m1/s1. The normalized spacial score (nSPS) is 24.7. The number of β-amino-alcohol motifs (C(OH)–C–C–N with tert-alkyl or cyclic N) is 1. The van der Waals surface area contributed by atoms with E-state index in [-0.39, 0.29) is 18.3 Å². The van der Waals surface area contributed by atoms with Gasteiger partial charge in [-0.2, -0.15) is 0 Å². The molecule has 0 unspecified atom stereocenters. The van der Waals surface area contributed by atoms with Crippen molar-refractivity contribution in [2.45, 2.75) is 45.1 Å². The lowest BCUT2D eigenvalue weighted by Gasteiger charge is -2.44. The molecule has 1 aromatic rings. The summed E-state index contributed by atoms with van der Waals surface area (Å²) in [7, 11) is 0. The van der Waals surface area contributed by atoms with Crippen molar-refractivity contribution in [2.24, 2.45) is 5.41 Å². The molecule has 1 amide bonds. The van der Waals surface area contributed by atoms with Crippen LogP contribution in [0.25, 0.3) is 0 Å². The summed E-state index contributed by atoms with van der Waals surface area (Å²) in [5, 5.41) is 29.3. The van der Waals surface area contributed by atoms with Crippen molar-refractivity contribution in [3.63, 3.8) is 0 Å². The summed E-state index contributed by atoms with van der Waals surface area (Å²) in [4.78, 5) is 14.0. The average Bonchev–Trinajstić information content (AvgIpc) is 2.56. The van der Waals surface area contributed by atoms with Crippen LogP contribution in [0.2, 0.25) is 0 Å². The van der Waals surface area contributed by atoms with E-state index >= 15 is 0 Å². The second-order valence-corrected chi connectivity index (χ2v) is 6.54. The number of nitrogens with zero attached hydrogens (tertiary/aromatic N) is 1. The number of phenolic OH excluding ortho intramolecular Hbond substituents is 1. The van der Waals surface area contributed by atoms with Gasteiger partial charge >= 0.3 is 0 Å². The van der Waals surface area contributed by atoms with Gasteiger partial charge in [0, 0.05) is 24.9 Å². The lowest BCUT2D eigenvalue weighted by molar-refractivity contribution is -0.142. The summed E-state index contributed by atoms with van der Waals surface area (Å²) in [5.74, 6) is 0.246. The third-order valence-corrected chi connectivity index (χ3v) is 4.96. The van der Waals surface area contributed by atoms with Crippen LogP contribution in [0.1, 0.15) is 38.2 Å². The molecule has 1 fully saturated rings. The molecule has 1 aromatic carbocycles. The number of aliphatic hydroxyl groups excluding tert-OH is 2. The van der Waals surface area contributed by atoms with Gasteiger partial charge < -0.3 is 20.2 Å². The van der Waals surface area contributed by atoms with E-state index in [2.05, 4.69) is 0 Å². The molecule has 1 aliphatic rings. The first kappa shape index (κ1) is 17.8. The number of benzene rings is 1. The van der Waals surface area contributed by atoms with Crippen molar-refractivity contribution in [3.05, 3.63) is 29.8 Å². The van der Waals surface area contributed by atoms with E-state index in [9.17, 15) is 20.1 Å². The van der Waals surface area contributed by atoms with Gasteiger partial charge in [-0.1, -0.05) is 25.5 Å². The SMILES string of the molecule is CCC[C@]1(CO)CCN(C(=O)CCc2ccc(O)cc2)C[C@H]1O. The van der Waals surface area contributed by atoms with Crippen molar-refractivity contribution in [2.75, 3.05) is 19.7 Å². The maximum atomic E-state index is 12.3. The van der Waals surface area contributed by atoms with E-state index in [4.69, 9.17) is 0 Å². The molecule has 23 heavy (non-hydrogen) atoms. The van der Waals surface area contributed by atoms with Crippen LogP contribution in [0, 0.1) is 5.41 Å². The highest BCUT2D eigenvalue weighted by Gasteiger charge is 2.42. The number of phenols is 1. The van der Waals surface area contributed by atoms with Crippen molar-refractivity contribution in [3.8, 4) is 5.75 Å². The number of amides is 1. The minimum Gasteiger partial charge on any atom is -0.508 e. The minimum absolute atomic E-state index is 0.0279. The Morgan fingerprint density at radius 2 is 2.04 bits per heavy atom. The number of aryl methyl sites for hydroxylation is 1. The van der Waals surface area contributed by atoms with Crippen molar-refractivity contribution in [1.82, 2.24) is 4.90 Å². The molecular formula is C18H27NO4. The van der Waals surface area contributed by atoms with E-state index < -0.39 is 11.5 Å². The zero-order valence-electron chi connectivity index (χ0n) is 13.7. The third-order valence-electron chi connectivity index (χ3n) is 4.96. The number of piperidine rings is 1. The third kappa shape index (κ3) is 4.24. The number of carbonyl (C=O) groups is 1. The molecule has 5 heteroatoms. The quantitative estimate of drug-likeness (QED) is 0.745. The summed E-state index contributed by atoms with van der Waals surface area (Å²) in [5.41, 5.74) is 0.548. The van der Waals surface area contributed by atoms with Gasteiger partial charge in [0.1, 0.15) is 5.75 Å². The van der Waals surface area contributed by atoms with E-state index in [0.717, 1.165) is 18.4 Å². The maximum Gasteiger partial charge on any atom is 0.222 e. The van der Waals surface area contributed by atoms with Gasteiger partial charge in [-0.25, -0.2) is 0 Å². The van der Waals surface area contributed by atoms with E-state index in [0.29, 0.717) is 32.4 Å². The van der Waals surface area contributed by atoms with Crippen LogP contribution >= 0.6 is 0 Å². The smallest absolute Gasteiger partial charge is 0.222 e. The first-order valence-electron chi connectivity index (χ1n) is 8.35. The maximum absolute atomic E-state index is 12.3. The second-order valence-electron chi connectivity index (χ2n) is 6.54. The van der Waals surface area contributed by atoms with Crippen LogP contribution in [0.15, 0.2) is 24.3 Å². The Balaban J connectivity index is 1.88. The lowest BCUT2D eigenvalue weighted by atomic mass is 9.73. The predicted molar refractivity (Wildman–Crippen MR) is 88.1 cm³/mol. The van der Waals surface area contributed by atoms with E-state index in [1.54, 1.807) is 17.0 Å². The Morgan fingerprint density at radius 1 is 1.35 bits per heavy atom. The highest BCUT2D eigenvalue weighted by molar-refractivity contribution is 5.76. The molecule has 0 saturated carbocycles. The number of aromatic hydroxyl groups is 1. The zero-order chi connectivity index (χ0) is 16.9.